The Morgan fingerprint density at radius 2 is 1.40 bits per heavy atom. The summed E-state index contributed by atoms with van der Waals surface area (Å²) in [6.45, 7) is 12.1. The molecule has 0 amide bonds. The summed E-state index contributed by atoms with van der Waals surface area (Å²) in [6.07, 6.45) is 21.3. The number of ether oxygens (including phenoxy) is 1. The van der Waals surface area contributed by atoms with Gasteiger partial charge >= 0.3 is 0 Å². The van der Waals surface area contributed by atoms with Gasteiger partial charge in [-0.15, -0.1) is 0 Å². The average Bonchev–Trinajstić information content (AvgIpc) is 3.91. The van der Waals surface area contributed by atoms with Crippen molar-refractivity contribution in [3.63, 3.8) is 0 Å². The minimum absolute atomic E-state index is 0.121. The second-order valence-electron chi connectivity index (χ2n) is 20.0. The fourth-order valence-electron chi connectivity index (χ4n) is 13.6. The molecule has 12 rings (SSSR count). The minimum atomic E-state index is -0.490. The Morgan fingerprint density at radius 1 is 0.698 bits per heavy atom. The van der Waals surface area contributed by atoms with Crippen LogP contribution in [0.2, 0.25) is 0 Å². The first-order chi connectivity index (χ1) is 30.6. The van der Waals surface area contributed by atoms with Gasteiger partial charge in [0.25, 0.3) is 0 Å². The smallest absolute Gasteiger partial charge is 0.184 e. The molecule has 4 heteroatoms. The van der Waals surface area contributed by atoms with E-state index in [1.807, 2.05) is 0 Å². The number of hydrogen-bond donors (Lipinski definition) is 0. The molecular formula is C59H57N3O. The molecule has 5 aromatic carbocycles. The van der Waals surface area contributed by atoms with Gasteiger partial charge in [0.05, 0.1) is 27.7 Å². The van der Waals surface area contributed by atoms with Crippen LogP contribution in [0.1, 0.15) is 82.4 Å². The molecule has 0 saturated heterocycles. The number of aliphatic imine (C=N–C) groups is 1. The van der Waals surface area contributed by atoms with Gasteiger partial charge in [-0.3, -0.25) is 4.90 Å². The van der Waals surface area contributed by atoms with E-state index in [1.165, 1.54) is 66.3 Å². The lowest BCUT2D eigenvalue weighted by molar-refractivity contribution is 0.00238. The summed E-state index contributed by atoms with van der Waals surface area (Å²) in [7, 11) is 2.27. The number of hydrogen-bond acceptors (Lipinski definition) is 3. The van der Waals surface area contributed by atoms with Crippen LogP contribution in [0.4, 0.5) is 0 Å². The first-order valence-corrected chi connectivity index (χ1v) is 23.4. The SMILES string of the molecule is CC1CC=CC=C1C1(C)C=CC=C(C2=NC(n3c4ccccc4c4ccc(C5(C6C(C)C=CCC6C)c6ccccc6-c6ccccc65)cc43)N(C)C3(C)c4ccccc4OC23)C1. The lowest BCUT2D eigenvalue weighted by Gasteiger charge is -2.48. The van der Waals surface area contributed by atoms with Gasteiger partial charge in [0.15, 0.2) is 12.4 Å². The van der Waals surface area contributed by atoms with E-state index in [9.17, 15) is 0 Å². The third kappa shape index (κ3) is 5.28. The molecule has 63 heavy (non-hydrogen) atoms. The number of allylic oxidation sites excluding steroid dienone is 9. The van der Waals surface area contributed by atoms with Crippen LogP contribution >= 0.6 is 0 Å². The number of rotatable bonds is 5. The Hall–Kier alpha value is -5.97. The van der Waals surface area contributed by atoms with Crippen LogP contribution < -0.4 is 4.74 Å². The summed E-state index contributed by atoms with van der Waals surface area (Å²) >= 11 is 0. The van der Waals surface area contributed by atoms with Crippen LogP contribution in [0.5, 0.6) is 5.75 Å². The van der Waals surface area contributed by atoms with Gasteiger partial charge < -0.3 is 9.30 Å². The number of fused-ring (bicyclic) bond motifs is 9. The minimum Gasteiger partial charge on any atom is -0.481 e. The van der Waals surface area contributed by atoms with Crippen LogP contribution in [0.3, 0.4) is 0 Å². The van der Waals surface area contributed by atoms with Gasteiger partial charge in [0.1, 0.15) is 5.75 Å². The molecule has 6 aliphatic rings. The van der Waals surface area contributed by atoms with Gasteiger partial charge in [-0.05, 0) is 108 Å². The lowest BCUT2D eigenvalue weighted by atomic mass is 9.55. The van der Waals surface area contributed by atoms with Gasteiger partial charge in [-0.25, -0.2) is 4.99 Å². The van der Waals surface area contributed by atoms with Crippen LogP contribution in [0.15, 0.2) is 180 Å². The van der Waals surface area contributed by atoms with Crippen molar-refractivity contribution in [2.45, 2.75) is 77.2 Å². The molecule has 8 atom stereocenters. The van der Waals surface area contributed by atoms with Crippen molar-refractivity contribution in [2.24, 2.45) is 34.1 Å². The number of likely N-dealkylation sites (N-methyl/N-ethyl adjacent to an activating group) is 1. The fraction of sp³-hybridized carbons (Fsp3) is 0.305. The van der Waals surface area contributed by atoms with Crippen molar-refractivity contribution in [1.82, 2.24) is 9.47 Å². The second-order valence-corrected chi connectivity index (χ2v) is 20.0. The maximum atomic E-state index is 7.10. The third-order valence-electron chi connectivity index (χ3n) is 16.5. The standard InChI is InChI=1S/C59H57N3O/c1-37-19-7-11-26-46(37)57(4)34-18-22-40(36-57)54-55-58(5,49-29-14-16-31-52(49)63-55)61(6)56(60-54)62-50-30-15-10-25-44(50)45-33-32-41(35-51(45)62)59(53-38(2)20-17-21-39(53)3)47-27-12-8-23-42(47)43-24-9-13-28-48(43)59/h7-18,20,22-35,37-39,53,55-56H,19,21,36H2,1-6H3. The molecule has 2 aliphatic heterocycles. The molecule has 6 aromatic rings. The summed E-state index contributed by atoms with van der Waals surface area (Å²) in [4.78, 5) is 8.50. The van der Waals surface area contributed by atoms with Crippen molar-refractivity contribution in [3.05, 3.63) is 197 Å². The maximum absolute atomic E-state index is 7.10. The van der Waals surface area contributed by atoms with E-state index in [4.69, 9.17) is 9.73 Å². The highest BCUT2D eigenvalue weighted by atomic mass is 16.5. The zero-order chi connectivity index (χ0) is 42.8. The molecule has 0 saturated carbocycles. The molecular weight excluding hydrogens is 767 g/mol. The Balaban J connectivity index is 1.11. The van der Waals surface area contributed by atoms with Crippen molar-refractivity contribution in [2.75, 3.05) is 7.05 Å². The van der Waals surface area contributed by atoms with E-state index < -0.39 is 5.54 Å². The fourth-order valence-corrected chi connectivity index (χ4v) is 13.6. The van der Waals surface area contributed by atoms with Crippen LogP contribution in [0.25, 0.3) is 32.9 Å². The monoisotopic (exact) mass is 823 g/mol. The number of para-hydroxylation sites is 2. The first kappa shape index (κ1) is 38.7. The first-order valence-electron chi connectivity index (χ1n) is 23.4. The highest BCUT2D eigenvalue weighted by Gasteiger charge is 2.57. The molecule has 4 aliphatic carbocycles. The van der Waals surface area contributed by atoms with E-state index in [-0.39, 0.29) is 23.2 Å². The van der Waals surface area contributed by atoms with Gasteiger partial charge in [0, 0.05) is 21.8 Å². The second kappa shape index (κ2) is 14.0. The van der Waals surface area contributed by atoms with Crippen LogP contribution in [-0.2, 0) is 11.0 Å². The Labute approximate surface area is 372 Å². The van der Waals surface area contributed by atoms with E-state index >= 15 is 0 Å². The zero-order valence-corrected chi connectivity index (χ0v) is 37.4. The molecule has 8 unspecified atom stereocenters. The highest BCUT2D eigenvalue weighted by molar-refractivity contribution is 6.09. The van der Waals surface area contributed by atoms with Crippen molar-refractivity contribution < 1.29 is 4.74 Å². The summed E-state index contributed by atoms with van der Waals surface area (Å²) in [5.74, 6) is 2.65. The van der Waals surface area contributed by atoms with E-state index in [2.05, 4.69) is 215 Å². The summed E-state index contributed by atoms with van der Waals surface area (Å²) in [5, 5.41) is 2.51. The summed E-state index contributed by atoms with van der Waals surface area (Å²) in [5.41, 5.74) is 13.4. The molecule has 3 heterocycles. The quantitative estimate of drug-likeness (QED) is 0.162. The van der Waals surface area contributed by atoms with Crippen molar-refractivity contribution in [3.8, 4) is 16.9 Å². The van der Waals surface area contributed by atoms with Crippen molar-refractivity contribution in [1.29, 1.82) is 0 Å². The Bertz CT molecular complexity index is 3020. The Kier molecular flexibility index (Phi) is 8.61. The molecule has 0 bridgehead atoms. The lowest BCUT2D eigenvalue weighted by Crippen LogP contribution is -2.58. The molecule has 0 radical (unpaired) electrons. The number of nitrogens with zero attached hydrogens (tertiary/aromatic N) is 3. The third-order valence-corrected chi connectivity index (χ3v) is 16.5. The largest absolute Gasteiger partial charge is 0.481 e. The summed E-state index contributed by atoms with van der Waals surface area (Å²) < 4.78 is 9.67. The number of aromatic nitrogens is 1. The Morgan fingerprint density at radius 3 is 2.16 bits per heavy atom. The molecule has 4 nitrogen and oxygen atoms in total. The van der Waals surface area contributed by atoms with E-state index in [1.54, 1.807) is 0 Å². The van der Waals surface area contributed by atoms with Gasteiger partial charge in [-0.2, -0.15) is 0 Å². The van der Waals surface area contributed by atoms with Crippen molar-refractivity contribution >= 4 is 27.5 Å². The van der Waals surface area contributed by atoms with E-state index in [0.717, 1.165) is 30.7 Å². The van der Waals surface area contributed by atoms with Crippen LogP contribution in [0, 0.1) is 29.1 Å². The van der Waals surface area contributed by atoms with Crippen LogP contribution in [-0.4, -0.2) is 28.3 Å². The number of benzene rings is 5. The average molecular weight is 824 g/mol. The predicted molar refractivity (Wildman–Crippen MR) is 260 cm³/mol. The topological polar surface area (TPSA) is 29.8 Å². The maximum Gasteiger partial charge on any atom is 0.184 e. The predicted octanol–water partition coefficient (Wildman–Crippen LogP) is 13.9. The molecule has 0 spiro atoms. The molecule has 0 fully saturated rings. The van der Waals surface area contributed by atoms with Gasteiger partial charge in [0.2, 0.25) is 0 Å². The summed E-state index contributed by atoms with van der Waals surface area (Å²) in [6, 6.07) is 43.7. The highest BCUT2D eigenvalue weighted by Crippen LogP contribution is 2.61. The molecule has 314 valence electrons. The normalized spacial score (nSPS) is 30.3. The molecule has 1 aromatic heterocycles. The molecule has 0 N–H and O–H groups in total. The van der Waals surface area contributed by atoms with E-state index in [0.29, 0.717) is 23.7 Å². The van der Waals surface area contributed by atoms with Gasteiger partial charge in [-0.1, -0.05) is 179 Å². The zero-order valence-electron chi connectivity index (χ0n) is 37.4.